The number of aliphatic hydroxyl groups is 1. The van der Waals surface area contributed by atoms with E-state index in [0.717, 1.165) is 35.7 Å². The number of phenols is 1. The number of halogens is 1. The molecule has 1 aliphatic rings. The Morgan fingerprint density at radius 2 is 1.94 bits per heavy atom. The van der Waals surface area contributed by atoms with Crippen molar-refractivity contribution in [1.29, 1.82) is 0 Å². The molecule has 0 saturated heterocycles. The molecular formula is C13H18BrNO2. The average Bonchev–Trinajstić information content (AvgIpc) is 2.32. The number of phenolic OH excluding ortho intramolecular Hbond substituents is 1. The van der Waals surface area contributed by atoms with Crippen LogP contribution < -0.4 is 5.32 Å². The Morgan fingerprint density at radius 1 is 1.24 bits per heavy atom. The summed E-state index contributed by atoms with van der Waals surface area (Å²) in [7, 11) is 0. The van der Waals surface area contributed by atoms with E-state index in [9.17, 15) is 10.2 Å². The largest absolute Gasteiger partial charge is 0.508 e. The maximum Gasteiger partial charge on any atom is 0.120 e. The third-order valence-electron chi connectivity index (χ3n) is 3.32. The van der Waals surface area contributed by atoms with Crippen LogP contribution in [0.15, 0.2) is 22.7 Å². The van der Waals surface area contributed by atoms with Gasteiger partial charge < -0.3 is 15.5 Å². The van der Waals surface area contributed by atoms with E-state index in [1.165, 1.54) is 0 Å². The summed E-state index contributed by atoms with van der Waals surface area (Å²) in [6.07, 6.45) is 3.66. The number of hydrogen-bond acceptors (Lipinski definition) is 3. The van der Waals surface area contributed by atoms with Gasteiger partial charge in [0.1, 0.15) is 5.75 Å². The van der Waals surface area contributed by atoms with Crippen LogP contribution >= 0.6 is 15.9 Å². The summed E-state index contributed by atoms with van der Waals surface area (Å²) in [6, 6.07) is 5.92. The first kappa shape index (κ1) is 12.9. The standard InChI is InChI=1S/C13H18BrNO2/c14-10-1-6-13(17)9(7-10)8-15-11-2-4-12(16)5-3-11/h1,6-7,11-12,15-17H,2-5,8H2/t11-,12-. The van der Waals surface area contributed by atoms with Gasteiger partial charge in [-0.15, -0.1) is 0 Å². The van der Waals surface area contributed by atoms with Crippen LogP contribution in [0, 0.1) is 0 Å². The van der Waals surface area contributed by atoms with Crippen LogP contribution in [-0.2, 0) is 6.54 Å². The van der Waals surface area contributed by atoms with Crippen molar-refractivity contribution < 1.29 is 10.2 Å². The number of benzene rings is 1. The van der Waals surface area contributed by atoms with Gasteiger partial charge in [-0.05, 0) is 43.9 Å². The fraction of sp³-hybridized carbons (Fsp3) is 0.538. The first-order valence-electron chi connectivity index (χ1n) is 6.04. The van der Waals surface area contributed by atoms with Crippen molar-refractivity contribution in [2.24, 2.45) is 0 Å². The molecule has 3 nitrogen and oxygen atoms in total. The molecule has 1 aliphatic carbocycles. The molecule has 1 saturated carbocycles. The topological polar surface area (TPSA) is 52.5 Å². The molecule has 4 heteroatoms. The SMILES string of the molecule is Oc1ccc(Br)cc1CN[C@H]1CC[C@H](O)CC1. The fourth-order valence-electron chi connectivity index (χ4n) is 2.23. The molecule has 0 atom stereocenters. The summed E-state index contributed by atoms with van der Waals surface area (Å²) in [4.78, 5) is 0. The van der Waals surface area contributed by atoms with Gasteiger partial charge in [0, 0.05) is 22.6 Å². The van der Waals surface area contributed by atoms with Crippen LogP contribution in [0.4, 0.5) is 0 Å². The normalized spacial score (nSPS) is 24.8. The van der Waals surface area contributed by atoms with E-state index in [4.69, 9.17) is 0 Å². The molecule has 0 radical (unpaired) electrons. The summed E-state index contributed by atoms with van der Waals surface area (Å²) in [6.45, 7) is 0.673. The van der Waals surface area contributed by atoms with Gasteiger partial charge >= 0.3 is 0 Å². The first-order valence-corrected chi connectivity index (χ1v) is 6.83. The molecule has 0 heterocycles. The van der Waals surface area contributed by atoms with Gasteiger partial charge in [0.15, 0.2) is 0 Å². The van der Waals surface area contributed by atoms with Crippen LogP contribution in [0.5, 0.6) is 5.75 Å². The molecule has 1 aromatic carbocycles. The molecule has 1 aromatic rings. The molecule has 94 valence electrons. The highest BCUT2D eigenvalue weighted by Gasteiger charge is 2.18. The summed E-state index contributed by atoms with van der Waals surface area (Å²) in [5.74, 6) is 0.330. The summed E-state index contributed by atoms with van der Waals surface area (Å²) in [5, 5.41) is 22.6. The minimum absolute atomic E-state index is 0.118. The second-order valence-electron chi connectivity index (χ2n) is 4.66. The molecule has 2 rings (SSSR count). The van der Waals surface area contributed by atoms with Crippen molar-refractivity contribution in [3.63, 3.8) is 0 Å². The predicted octanol–water partition coefficient (Wildman–Crippen LogP) is 2.55. The highest BCUT2D eigenvalue weighted by atomic mass is 79.9. The maximum atomic E-state index is 9.71. The Balaban J connectivity index is 1.87. The van der Waals surface area contributed by atoms with E-state index in [1.807, 2.05) is 12.1 Å². The predicted molar refractivity (Wildman–Crippen MR) is 70.9 cm³/mol. The Bertz CT molecular complexity index is 376. The molecule has 0 aliphatic heterocycles. The van der Waals surface area contributed by atoms with E-state index in [0.29, 0.717) is 18.3 Å². The lowest BCUT2D eigenvalue weighted by Gasteiger charge is -2.26. The molecular weight excluding hydrogens is 282 g/mol. The highest BCUT2D eigenvalue weighted by molar-refractivity contribution is 9.10. The molecule has 0 aromatic heterocycles. The van der Waals surface area contributed by atoms with Gasteiger partial charge in [0.05, 0.1) is 6.10 Å². The Labute approximate surface area is 110 Å². The Kier molecular flexibility index (Phi) is 4.42. The van der Waals surface area contributed by atoms with Crippen LogP contribution in [-0.4, -0.2) is 22.4 Å². The highest BCUT2D eigenvalue weighted by Crippen LogP contribution is 2.23. The maximum absolute atomic E-state index is 9.71. The van der Waals surface area contributed by atoms with Gasteiger partial charge in [0.2, 0.25) is 0 Å². The minimum atomic E-state index is -0.118. The van der Waals surface area contributed by atoms with Crippen molar-refractivity contribution in [2.75, 3.05) is 0 Å². The van der Waals surface area contributed by atoms with E-state index < -0.39 is 0 Å². The number of hydrogen-bond donors (Lipinski definition) is 3. The van der Waals surface area contributed by atoms with Crippen LogP contribution in [0.3, 0.4) is 0 Å². The van der Waals surface area contributed by atoms with Gasteiger partial charge in [-0.1, -0.05) is 15.9 Å². The van der Waals surface area contributed by atoms with Gasteiger partial charge in [-0.25, -0.2) is 0 Å². The molecule has 3 N–H and O–H groups in total. The monoisotopic (exact) mass is 299 g/mol. The second kappa shape index (κ2) is 5.85. The van der Waals surface area contributed by atoms with E-state index in [-0.39, 0.29) is 6.10 Å². The number of aliphatic hydroxyl groups excluding tert-OH is 1. The zero-order valence-corrected chi connectivity index (χ0v) is 11.3. The van der Waals surface area contributed by atoms with Crippen LogP contribution in [0.2, 0.25) is 0 Å². The van der Waals surface area contributed by atoms with Gasteiger partial charge in [0.25, 0.3) is 0 Å². The average molecular weight is 300 g/mol. The molecule has 0 bridgehead atoms. The van der Waals surface area contributed by atoms with E-state index >= 15 is 0 Å². The smallest absolute Gasteiger partial charge is 0.120 e. The first-order chi connectivity index (χ1) is 8.15. The Morgan fingerprint density at radius 3 is 2.65 bits per heavy atom. The number of rotatable bonds is 3. The molecule has 0 spiro atoms. The molecule has 1 fully saturated rings. The third-order valence-corrected chi connectivity index (χ3v) is 3.81. The lowest BCUT2D eigenvalue weighted by atomic mass is 9.93. The summed E-state index contributed by atoms with van der Waals surface area (Å²) < 4.78 is 0.978. The lowest BCUT2D eigenvalue weighted by molar-refractivity contribution is 0.116. The van der Waals surface area contributed by atoms with Crippen molar-refractivity contribution in [3.05, 3.63) is 28.2 Å². The minimum Gasteiger partial charge on any atom is -0.508 e. The van der Waals surface area contributed by atoms with Crippen molar-refractivity contribution in [1.82, 2.24) is 5.32 Å². The zero-order valence-electron chi connectivity index (χ0n) is 9.69. The molecule has 0 amide bonds. The summed E-state index contributed by atoms with van der Waals surface area (Å²) in [5.41, 5.74) is 0.908. The van der Waals surface area contributed by atoms with Crippen molar-refractivity contribution in [2.45, 2.75) is 44.4 Å². The van der Waals surface area contributed by atoms with Crippen LogP contribution in [0.25, 0.3) is 0 Å². The zero-order chi connectivity index (χ0) is 12.3. The van der Waals surface area contributed by atoms with Crippen LogP contribution in [0.1, 0.15) is 31.2 Å². The van der Waals surface area contributed by atoms with Gasteiger partial charge in [-0.3, -0.25) is 0 Å². The van der Waals surface area contributed by atoms with E-state index in [2.05, 4.69) is 21.2 Å². The fourth-order valence-corrected chi connectivity index (χ4v) is 2.64. The molecule has 0 unspecified atom stereocenters. The van der Waals surface area contributed by atoms with Crippen molar-refractivity contribution >= 4 is 15.9 Å². The van der Waals surface area contributed by atoms with E-state index in [1.54, 1.807) is 6.07 Å². The van der Waals surface area contributed by atoms with Gasteiger partial charge in [-0.2, -0.15) is 0 Å². The molecule has 17 heavy (non-hydrogen) atoms. The lowest BCUT2D eigenvalue weighted by Crippen LogP contribution is -2.34. The Hall–Kier alpha value is -0.580. The number of aromatic hydroxyl groups is 1. The summed E-state index contributed by atoms with van der Waals surface area (Å²) >= 11 is 3.40. The second-order valence-corrected chi connectivity index (χ2v) is 5.58. The quantitative estimate of drug-likeness (QED) is 0.804. The van der Waals surface area contributed by atoms with Crippen molar-refractivity contribution in [3.8, 4) is 5.75 Å². The third kappa shape index (κ3) is 3.69. The number of nitrogens with one attached hydrogen (secondary N) is 1.